The normalized spacial score (nSPS) is 12.6. The zero-order valence-electron chi connectivity index (χ0n) is 16.2. The maximum absolute atomic E-state index is 13.0. The van der Waals surface area contributed by atoms with Crippen LogP contribution in [-0.4, -0.2) is 42.5 Å². The highest BCUT2D eigenvalue weighted by Crippen LogP contribution is 2.34. The van der Waals surface area contributed by atoms with Crippen LogP contribution < -0.4 is 5.32 Å². The first-order chi connectivity index (χ1) is 14.6. The van der Waals surface area contributed by atoms with Gasteiger partial charge in [-0.25, -0.2) is 4.57 Å². The molecule has 1 heterocycles. The second-order valence-electron chi connectivity index (χ2n) is 6.53. The van der Waals surface area contributed by atoms with Gasteiger partial charge in [-0.1, -0.05) is 17.7 Å². The number of aromatic nitrogens is 1. The van der Waals surface area contributed by atoms with Crippen LogP contribution >= 0.6 is 0 Å². The number of nitro groups is 1. The van der Waals surface area contributed by atoms with Crippen LogP contribution in [0.3, 0.4) is 0 Å². The zero-order valence-corrected chi connectivity index (χ0v) is 17.0. The smallest absolute Gasteiger partial charge is 0.358 e. The Balaban J connectivity index is 2.16. The fraction of sp³-hybridized carbons (Fsp3) is 0.353. The average molecular weight is 485 g/mol. The van der Waals surface area contributed by atoms with Crippen molar-refractivity contribution in [1.82, 2.24) is 9.88 Å². The monoisotopic (exact) mass is 485 g/mol. The minimum absolute atomic E-state index is 0.204. The third-order valence-corrected chi connectivity index (χ3v) is 5.41. The number of carbonyl (C=O) groups is 1. The summed E-state index contributed by atoms with van der Waals surface area (Å²) in [6.45, 7) is -2.15. The number of hydrogen-bond acceptors (Lipinski definition) is 6. The van der Waals surface area contributed by atoms with E-state index >= 15 is 0 Å². The molecule has 0 fully saturated rings. The maximum Gasteiger partial charge on any atom is 0.455 e. The lowest BCUT2D eigenvalue weighted by atomic mass is 10.2. The van der Waals surface area contributed by atoms with Crippen LogP contribution in [0.5, 0.6) is 0 Å². The van der Waals surface area contributed by atoms with Gasteiger partial charge in [0.05, 0.1) is 11.4 Å². The van der Waals surface area contributed by atoms with Gasteiger partial charge < -0.3 is 15.4 Å². The van der Waals surface area contributed by atoms with Gasteiger partial charge in [0.15, 0.2) is 6.54 Å². The number of nitrogens with zero attached hydrogens (tertiary/aromatic N) is 2. The number of amides is 1. The lowest BCUT2D eigenvalue weighted by Crippen LogP contribution is -2.47. The minimum atomic E-state index is -5.90. The Hall–Kier alpha value is -3.07. The second kappa shape index (κ2) is 9.20. The third-order valence-electron chi connectivity index (χ3n) is 4.13. The lowest BCUT2D eigenvalue weighted by molar-refractivity contribution is -0.392. The van der Waals surface area contributed by atoms with Gasteiger partial charge in [0.25, 0.3) is 16.0 Å². The Morgan fingerprint density at radius 3 is 2.25 bits per heavy atom. The molecule has 0 atom stereocenters. The van der Waals surface area contributed by atoms with E-state index in [1.807, 2.05) is 0 Å². The number of halogens is 5. The number of carbonyl (C=O) groups excluding carboxylic acids is 1. The molecule has 0 aliphatic carbocycles. The van der Waals surface area contributed by atoms with E-state index in [-0.39, 0.29) is 10.6 Å². The largest absolute Gasteiger partial charge is 0.455 e. The minimum Gasteiger partial charge on any atom is -0.358 e. The number of alkyl halides is 5. The molecule has 9 nitrogen and oxygen atoms in total. The Bertz CT molecular complexity index is 1100. The molecule has 32 heavy (non-hydrogen) atoms. The third kappa shape index (κ3) is 6.00. The van der Waals surface area contributed by atoms with Crippen LogP contribution in [0.4, 0.5) is 27.8 Å². The van der Waals surface area contributed by atoms with Crippen molar-refractivity contribution >= 4 is 21.8 Å². The quantitative estimate of drug-likeness (QED) is 0.252. The number of benzene rings is 1. The maximum atomic E-state index is 13.0. The first-order valence-electron chi connectivity index (χ1n) is 8.64. The Labute approximate surface area is 178 Å². The van der Waals surface area contributed by atoms with Gasteiger partial charge in [-0.15, -0.1) is 0 Å². The molecule has 15 heteroatoms. The van der Waals surface area contributed by atoms with Crippen LogP contribution in [0.2, 0.25) is 0 Å². The predicted octanol–water partition coefficient (Wildman–Crippen LogP) is 2.92. The van der Waals surface area contributed by atoms with Crippen LogP contribution in [0, 0.1) is 17.0 Å². The lowest BCUT2D eigenvalue weighted by Gasteiger charge is -2.19. The van der Waals surface area contributed by atoms with Gasteiger partial charge in [0.2, 0.25) is 0 Å². The summed E-state index contributed by atoms with van der Waals surface area (Å²) < 4.78 is 92.5. The van der Waals surface area contributed by atoms with Crippen molar-refractivity contribution in [2.45, 2.75) is 37.1 Å². The highest BCUT2D eigenvalue weighted by molar-refractivity contribution is 7.86. The summed E-state index contributed by atoms with van der Waals surface area (Å²) in [6.07, 6.45) is -5.90. The van der Waals surface area contributed by atoms with Gasteiger partial charge in [-0.2, -0.15) is 30.4 Å². The SMILES string of the molecule is Cc1ccc(S(=O)(=O)OCc2ccc([N+](=O)[O-])n2CC(=O)NCC(F)(F)C(F)(F)F)cc1. The first kappa shape index (κ1) is 25.2. The van der Waals surface area contributed by atoms with E-state index in [0.29, 0.717) is 4.57 Å². The van der Waals surface area contributed by atoms with Gasteiger partial charge in [0.1, 0.15) is 12.3 Å². The summed E-state index contributed by atoms with van der Waals surface area (Å²) in [6, 6.07) is 7.49. The van der Waals surface area contributed by atoms with Crippen LogP contribution in [0.25, 0.3) is 0 Å². The predicted molar refractivity (Wildman–Crippen MR) is 98.3 cm³/mol. The van der Waals surface area contributed by atoms with E-state index in [1.165, 1.54) is 29.6 Å². The van der Waals surface area contributed by atoms with Crippen LogP contribution in [-0.2, 0) is 32.2 Å². The summed E-state index contributed by atoms with van der Waals surface area (Å²) in [5.74, 6) is -7.33. The molecule has 176 valence electrons. The molecule has 0 saturated carbocycles. The number of rotatable bonds is 9. The molecule has 0 spiro atoms. The van der Waals surface area contributed by atoms with Crippen molar-refractivity contribution in [2.75, 3.05) is 6.54 Å². The second-order valence-corrected chi connectivity index (χ2v) is 8.15. The molecule has 0 radical (unpaired) electrons. The van der Waals surface area contributed by atoms with Crippen molar-refractivity contribution in [3.63, 3.8) is 0 Å². The Morgan fingerprint density at radius 1 is 1.12 bits per heavy atom. The number of nitrogens with one attached hydrogen (secondary N) is 1. The molecule has 0 unspecified atom stereocenters. The standard InChI is InChI=1S/C17H16F5N3O6S/c1-11-2-5-13(6-3-11)32(29,30)31-9-12-4-7-15(25(27)28)24(12)8-14(26)23-10-16(18,19)17(20,21)22/h2-7H,8-10H2,1H3,(H,23,26). The zero-order chi connectivity index (χ0) is 24.3. The Morgan fingerprint density at radius 2 is 1.72 bits per heavy atom. The molecule has 0 saturated heterocycles. The van der Waals surface area contributed by atoms with Crippen molar-refractivity contribution in [3.8, 4) is 0 Å². The van der Waals surface area contributed by atoms with Crippen molar-refractivity contribution in [3.05, 3.63) is 57.8 Å². The van der Waals surface area contributed by atoms with E-state index in [2.05, 4.69) is 0 Å². The van der Waals surface area contributed by atoms with E-state index in [1.54, 1.807) is 6.92 Å². The van der Waals surface area contributed by atoms with Gasteiger partial charge in [-0.05, 0) is 30.0 Å². The summed E-state index contributed by atoms with van der Waals surface area (Å²) in [4.78, 5) is 21.8. The van der Waals surface area contributed by atoms with Crippen molar-refractivity contribution in [2.24, 2.45) is 0 Å². The highest BCUT2D eigenvalue weighted by Gasteiger charge is 2.57. The summed E-state index contributed by atoms with van der Waals surface area (Å²) >= 11 is 0. The van der Waals surface area contributed by atoms with Crippen molar-refractivity contribution < 1.29 is 44.3 Å². The van der Waals surface area contributed by atoms with Crippen LogP contribution in [0.15, 0.2) is 41.3 Å². The van der Waals surface area contributed by atoms with Gasteiger partial charge in [0, 0.05) is 6.07 Å². The molecule has 1 aromatic carbocycles. The van der Waals surface area contributed by atoms with Crippen molar-refractivity contribution in [1.29, 1.82) is 0 Å². The topological polar surface area (TPSA) is 121 Å². The number of aryl methyl sites for hydroxylation is 1. The average Bonchev–Trinajstić information content (AvgIpc) is 3.07. The van der Waals surface area contributed by atoms with E-state index < -0.39 is 58.6 Å². The first-order valence-corrected chi connectivity index (χ1v) is 10.0. The van der Waals surface area contributed by atoms with Gasteiger partial charge >= 0.3 is 17.9 Å². The fourth-order valence-electron chi connectivity index (χ4n) is 2.39. The summed E-state index contributed by atoms with van der Waals surface area (Å²) in [7, 11) is -4.29. The molecule has 2 rings (SSSR count). The van der Waals surface area contributed by atoms with E-state index in [9.17, 15) is 45.3 Å². The van der Waals surface area contributed by atoms with E-state index in [4.69, 9.17) is 4.18 Å². The molecular formula is C17H16F5N3O6S. The molecule has 1 N–H and O–H groups in total. The summed E-state index contributed by atoms with van der Waals surface area (Å²) in [5, 5.41) is 12.5. The molecule has 2 aromatic rings. The molecule has 0 aliphatic rings. The summed E-state index contributed by atoms with van der Waals surface area (Å²) in [5.41, 5.74) is 0.570. The molecule has 0 aliphatic heterocycles. The molecule has 0 bridgehead atoms. The molecular weight excluding hydrogens is 469 g/mol. The molecule has 1 amide bonds. The molecule has 1 aromatic heterocycles. The number of hydrogen-bond donors (Lipinski definition) is 1. The Kier molecular flexibility index (Phi) is 7.24. The van der Waals surface area contributed by atoms with E-state index in [0.717, 1.165) is 17.7 Å². The fourth-order valence-corrected chi connectivity index (χ4v) is 3.27. The highest BCUT2D eigenvalue weighted by atomic mass is 32.2. The van der Waals surface area contributed by atoms with Gasteiger partial charge in [-0.3, -0.25) is 8.98 Å². The van der Waals surface area contributed by atoms with Crippen LogP contribution in [0.1, 0.15) is 11.3 Å².